The minimum atomic E-state index is 1.08. The van der Waals surface area contributed by atoms with E-state index in [2.05, 4.69) is 264 Å². The first-order valence-electron chi connectivity index (χ1n) is 21.3. The minimum Gasteiger partial charge on any atom is -0.310 e. The zero-order valence-electron chi connectivity index (χ0n) is 34.1. The molecular weight excluding hydrogens is 749 g/mol. The Bertz CT molecular complexity index is 3120. The van der Waals surface area contributed by atoms with Crippen LogP contribution in [0.5, 0.6) is 0 Å². The van der Waals surface area contributed by atoms with Crippen LogP contribution in [0.3, 0.4) is 0 Å². The molecule has 0 saturated carbocycles. The van der Waals surface area contributed by atoms with Crippen LogP contribution in [0.25, 0.3) is 83.1 Å². The molecule has 0 unspecified atom stereocenters. The van der Waals surface area contributed by atoms with Gasteiger partial charge in [0, 0.05) is 33.4 Å². The predicted octanol–water partition coefficient (Wildman–Crippen LogP) is 16.6. The van der Waals surface area contributed by atoms with Gasteiger partial charge in [-0.05, 0) is 105 Å². The third-order valence-electron chi connectivity index (χ3n) is 12.0. The minimum absolute atomic E-state index is 1.08. The van der Waals surface area contributed by atoms with Crippen LogP contribution in [0, 0.1) is 0 Å². The molecule has 0 aliphatic rings. The highest BCUT2D eigenvalue weighted by Crippen LogP contribution is 2.42. The van der Waals surface area contributed by atoms with Crippen molar-refractivity contribution in [2.45, 2.75) is 0 Å². The molecular formula is C60H42N2. The van der Waals surface area contributed by atoms with E-state index in [4.69, 9.17) is 0 Å². The molecule has 11 aromatic rings. The third kappa shape index (κ3) is 6.94. The summed E-state index contributed by atoms with van der Waals surface area (Å²) < 4.78 is 2.48. The van der Waals surface area contributed by atoms with Crippen LogP contribution >= 0.6 is 0 Å². The quantitative estimate of drug-likeness (QED) is 0.141. The summed E-state index contributed by atoms with van der Waals surface area (Å²) in [6.07, 6.45) is 0. The SMILES string of the molecule is c1ccc(-c2ccc(N(c3ccc(-c4ccccc4)cc3)c3cccc(-c4ccccc4-n4c5cc(-c6ccccc6)ccc5c5ccc(-c6ccccc6)cc54)c3)cc2)cc1. The first-order chi connectivity index (χ1) is 30.7. The lowest BCUT2D eigenvalue weighted by molar-refractivity contribution is 1.18. The largest absolute Gasteiger partial charge is 0.310 e. The van der Waals surface area contributed by atoms with Crippen molar-refractivity contribution in [3.63, 3.8) is 0 Å². The van der Waals surface area contributed by atoms with Crippen molar-refractivity contribution in [2.24, 2.45) is 0 Å². The van der Waals surface area contributed by atoms with Crippen molar-refractivity contribution >= 4 is 38.9 Å². The lowest BCUT2D eigenvalue weighted by atomic mass is 10.0. The molecule has 0 N–H and O–H groups in total. The summed E-state index contributed by atoms with van der Waals surface area (Å²) in [5, 5.41) is 2.46. The van der Waals surface area contributed by atoms with E-state index in [1.165, 1.54) is 66.3 Å². The standard InChI is InChI=1S/C60H42N2/c1-5-16-43(17-6-1)47-28-34-52(35-29-47)61(53-36-30-48(31-37-53)44-18-7-2-8-19-44)54-25-15-24-51(40-54)55-26-13-14-27-58(55)62-59-41-49(45-20-9-3-10-21-45)32-38-56(59)57-39-33-50(42-60(57)62)46-22-11-4-12-23-46/h1-42H. The zero-order chi connectivity index (χ0) is 41.2. The molecule has 11 rings (SSSR count). The van der Waals surface area contributed by atoms with Gasteiger partial charge in [0.05, 0.1) is 16.7 Å². The summed E-state index contributed by atoms with van der Waals surface area (Å²) in [6, 6.07) is 92.1. The Labute approximate surface area is 362 Å². The first-order valence-corrected chi connectivity index (χ1v) is 21.3. The molecule has 0 amide bonds. The lowest BCUT2D eigenvalue weighted by Gasteiger charge is -2.27. The fourth-order valence-electron chi connectivity index (χ4n) is 8.94. The van der Waals surface area contributed by atoms with Crippen molar-refractivity contribution in [1.82, 2.24) is 4.57 Å². The molecule has 10 aromatic carbocycles. The van der Waals surface area contributed by atoms with Gasteiger partial charge in [0.15, 0.2) is 0 Å². The summed E-state index contributed by atoms with van der Waals surface area (Å²) in [7, 11) is 0. The second kappa shape index (κ2) is 16.1. The van der Waals surface area contributed by atoms with Gasteiger partial charge >= 0.3 is 0 Å². The van der Waals surface area contributed by atoms with Crippen LogP contribution in [-0.2, 0) is 0 Å². The summed E-state index contributed by atoms with van der Waals surface area (Å²) in [6.45, 7) is 0. The molecule has 0 radical (unpaired) electrons. The van der Waals surface area contributed by atoms with Crippen molar-refractivity contribution in [3.05, 3.63) is 255 Å². The Kier molecular flexibility index (Phi) is 9.57. The van der Waals surface area contributed by atoms with Gasteiger partial charge in [-0.3, -0.25) is 0 Å². The second-order valence-electron chi connectivity index (χ2n) is 15.8. The number of para-hydroxylation sites is 1. The summed E-state index contributed by atoms with van der Waals surface area (Å²) >= 11 is 0. The van der Waals surface area contributed by atoms with Crippen LogP contribution in [0.4, 0.5) is 17.1 Å². The Hall–Kier alpha value is -8.20. The molecule has 0 fully saturated rings. The maximum absolute atomic E-state index is 2.48. The van der Waals surface area contributed by atoms with E-state index in [1.54, 1.807) is 0 Å². The number of fused-ring (bicyclic) bond motifs is 3. The fraction of sp³-hybridized carbons (Fsp3) is 0. The average Bonchev–Trinajstić information content (AvgIpc) is 3.68. The smallest absolute Gasteiger partial charge is 0.0547 e. The van der Waals surface area contributed by atoms with Crippen LogP contribution < -0.4 is 4.90 Å². The van der Waals surface area contributed by atoms with Gasteiger partial charge in [0.25, 0.3) is 0 Å². The van der Waals surface area contributed by atoms with Crippen LogP contribution in [0.2, 0.25) is 0 Å². The number of rotatable bonds is 9. The average molecular weight is 791 g/mol. The Morgan fingerprint density at radius 1 is 0.242 bits per heavy atom. The molecule has 0 atom stereocenters. The van der Waals surface area contributed by atoms with Crippen LogP contribution in [-0.4, -0.2) is 4.57 Å². The Morgan fingerprint density at radius 3 is 1.08 bits per heavy atom. The van der Waals surface area contributed by atoms with Crippen molar-refractivity contribution in [3.8, 4) is 61.3 Å². The highest BCUT2D eigenvalue weighted by atomic mass is 15.1. The first kappa shape index (κ1) is 36.8. The summed E-state index contributed by atoms with van der Waals surface area (Å²) in [5.41, 5.74) is 18.6. The number of hydrogen-bond donors (Lipinski definition) is 0. The summed E-state index contributed by atoms with van der Waals surface area (Å²) in [4.78, 5) is 2.37. The molecule has 2 nitrogen and oxygen atoms in total. The predicted molar refractivity (Wildman–Crippen MR) is 263 cm³/mol. The Morgan fingerprint density at radius 2 is 0.613 bits per heavy atom. The molecule has 0 aliphatic carbocycles. The molecule has 0 saturated heterocycles. The molecule has 62 heavy (non-hydrogen) atoms. The third-order valence-corrected chi connectivity index (χ3v) is 12.0. The molecule has 1 heterocycles. The van der Waals surface area contributed by atoms with Crippen molar-refractivity contribution < 1.29 is 0 Å². The molecule has 1 aromatic heterocycles. The van der Waals surface area contributed by atoms with Gasteiger partial charge < -0.3 is 9.47 Å². The molecule has 0 aliphatic heterocycles. The molecule has 292 valence electrons. The number of benzene rings is 10. The molecule has 0 bridgehead atoms. The highest BCUT2D eigenvalue weighted by Gasteiger charge is 2.19. The normalized spacial score (nSPS) is 11.2. The van der Waals surface area contributed by atoms with Gasteiger partial charge in [-0.15, -0.1) is 0 Å². The van der Waals surface area contributed by atoms with E-state index >= 15 is 0 Å². The van der Waals surface area contributed by atoms with E-state index in [-0.39, 0.29) is 0 Å². The number of nitrogens with zero attached hydrogens (tertiary/aromatic N) is 2. The number of anilines is 3. The molecule has 2 heteroatoms. The second-order valence-corrected chi connectivity index (χ2v) is 15.8. The van der Waals surface area contributed by atoms with E-state index in [1.807, 2.05) is 0 Å². The van der Waals surface area contributed by atoms with Gasteiger partial charge in [-0.2, -0.15) is 0 Å². The fourth-order valence-corrected chi connectivity index (χ4v) is 8.94. The van der Waals surface area contributed by atoms with E-state index < -0.39 is 0 Å². The van der Waals surface area contributed by atoms with E-state index in [0.717, 1.165) is 33.9 Å². The topological polar surface area (TPSA) is 8.17 Å². The highest BCUT2D eigenvalue weighted by molar-refractivity contribution is 6.11. The maximum Gasteiger partial charge on any atom is 0.0547 e. The van der Waals surface area contributed by atoms with Crippen LogP contribution in [0.15, 0.2) is 255 Å². The van der Waals surface area contributed by atoms with Gasteiger partial charge in [-0.25, -0.2) is 0 Å². The lowest BCUT2D eigenvalue weighted by Crippen LogP contribution is -2.10. The van der Waals surface area contributed by atoms with Gasteiger partial charge in [0.2, 0.25) is 0 Å². The van der Waals surface area contributed by atoms with Crippen LogP contribution in [0.1, 0.15) is 0 Å². The van der Waals surface area contributed by atoms with Crippen molar-refractivity contribution in [2.75, 3.05) is 4.90 Å². The van der Waals surface area contributed by atoms with E-state index in [9.17, 15) is 0 Å². The van der Waals surface area contributed by atoms with E-state index in [0.29, 0.717) is 0 Å². The van der Waals surface area contributed by atoms with Crippen molar-refractivity contribution in [1.29, 1.82) is 0 Å². The number of hydrogen-bond acceptors (Lipinski definition) is 1. The van der Waals surface area contributed by atoms with Gasteiger partial charge in [-0.1, -0.05) is 200 Å². The van der Waals surface area contributed by atoms with Gasteiger partial charge in [0.1, 0.15) is 0 Å². The number of aromatic nitrogens is 1. The maximum atomic E-state index is 2.48. The summed E-state index contributed by atoms with van der Waals surface area (Å²) in [5.74, 6) is 0. The molecule has 0 spiro atoms. The monoisotopic (exact) mass is 790 g/mol. The zero-order valence-corrected chi connectivity index (χ0v) is 34.1. The Balaban J connectivity index is 1.08.